The quantitative estimate of drug-likeness (QED) is 0.849. The van der Waals surface area contributed by atoms with E-state index in [2.05, 4.69) is 10.1 Å². The third kappa shape index (κ3) is 3.57. The largest absolute Gasteiger partial charge is 0.479 e. The van der Waals surface area contributed by atoms with E-state index in [4.69, 9.17) is 18.8 Å². The molecule has 3 heterocycles. The summed E-state index contributed by atoms with van der Waals surface area (Å²) in [6.45, 7) is 0.652. The maximum atomic E-state index is 12.1. The highest BCUT2D eigenvalue weighted by molar-refractivity contribution is 5.78. The molecule has 1 atom stereocenters. The second-order valence-electron chi connectivity index (χ2n) is 5.06. The molecule has 122 valence electrons. The lowest BCUT2D eigenvalue weighted by atomic mass is 10.2. The molecular formula is C14H15N3O6. The van der Waals surface area contributed by atoms with Gasteiger partial charge in [0.2, 0.25) is 17.6 Å². The number of rotatable bonds is 5. The molecule has 2 aromatic heterocycles. The molecule has 0 bridgehead atoms. The van der Waals surface area contributed by atoms with Gasteiger partial charge in [0.1, 0.15) is 6.26 Å². The van der Waals surface area contributed by atoms with Crippen LogP contribution in [0.3, 0.4) is 0 Å². The first-order valence-electron chi connectivity index (χ1n) is 7.11. The Kier molecular flexibility index (Phi) is 4.38. The summed E-state index contributed by atoms with van der Waals surface area (Å²) in [5.74, 6) is -0.483. The number of carboxylic acids is 1. The van der Waals surface area contributed by atoms with Gasteiger partial charge in [0.25, 0.3) is 0 Å². The molecule has 9 nitrogen and oxygen atoms in total. The Hall–Kier alpha value is -2.68. The van der Waals surface area contributed by atoms with E-state index >= 15 is 0 Å². The first-order chi connectivity index (χ1) is 11.1. The molecule has 1 N–H and O–H groups in total. The summed E-state index contributed by atoms with van der Waals surface area (Å²) in [5, 5.41) is 12.8. The Morgan fingerprint density at radius 1 is 1.43 bits per heavy atom. The van der Waals surface area contributed by atoms with Crippen molar-refractivity contribution in [2.75, 3.05) is 19.7 Å². The van der Waals surface area contributed by atoms with Crippen molar-refractivity contribution < 1.29 is 28.4 Å². The molecule has 3 rings (SSSR count). The average molecular weight is 321 g/mol. The highest BCUT2D eigenvalue weighted by atomic mass is 16.5. The van der Waals surface area contributed by atoms with E-state index in [0.717, 1.165) is 0 Å². The molecule has 9 heteroatoms. The van der Waals surface area contributed by atoms with Crippen molar-refractivity contribution in [2.24, 2.45) is 0 Å². The van der Waals surface area contributed by atoms with E-state index in [-0.39, 0.29) is 25.5 Å². The Balaban J connectivity index is 1.54. The molecule has 1 unspecified atom stereocenters. The van der Waals surface area contributed by atoms with E-state index in [1.54, 1.807) is 6.07 Å². The van der Waals surface area contributed by atoms with Crippen molar-refractivity contribution in [3.8, 4) is 11.4 Å². The number of aromatic nitrogens is 2. The Labute approximate surface area is 130 Å². The van der Waals surface area contributed by atoms with Crippen molar-refractivity contribution >= 4 is 11.9 Å². The minimum absolute atomic E-state index is 0.0538. The molecule has 1 aliphatic heterocycles. The molecule has 1 fully saturated rings. The third-order valence-corrected chi connectivity index (χ3v) is 3.49. The number of nitrogens with zero attached hydrogens (tertiary/aromatic N) is 3. The van der Waals surface area contributed by atoms with Crippen LogP contribution >= 0.6 is 0 Å². The fourth-order valence-corrected chi connectivity index (χ4v) is 2.26. The van der Waals surface area contributed by atoms with Gasteiger partial charge in [-0.05, 0) is 6.07 Å². The maximum Gasteiger partial charge on any atom is 0.334 e. The van der Waals surface area contributed by atoms with Gasteiger partial charge in [-0.15, -0.1) is 0 Å². The lowest BCUT2D eigenvalue weighted by molar-refractivity contribution is -0.159. The molecule has 0 aromatic carbocycles. The molecule has 1 amide bonds. The zero-order valence-corrected chi connectivity index (χ0v) is 12.2. The summed E-state index contributed by atoms with van der Waals surface area (Å²) in [5.41, 5.74) is 0.698. The number of carbonyl (C=O) groups excluding carboxylic acids is 1. The van der Waals surface area contributed by atoms with Gasteiger partial charge in [0.15, 0.2) is 6.10 Å². The van der Waals surface area contributed by atoms with Gasteiger partial charge in [-0.2, -0.15) is 4.98 Å². The first-order valence-corrected chi connectivity index (χ1v) is 7.11. The molecule has 2 aromatic rings. The predicted octanol–water partition coefficient (Wildman–Crippen LogP) is 0.574. The van der Waals surface area contributed by atoms with Crippen LogP contribution in [0.2, 0.25) is 0 Å². The van der Waals surface area contributed by atoms with E-state index < -0.39 is 12.1 Å². The van der Waals surface area contributed by atoms with Crippen LogP contribution in [0.15, 0.2) is 27.5 Å². The van der Waals surface area contributed by atoms with Crippen LogP contribution in [0.5, 0.6) is 0 Å². The third-order valence-electron chi connectivity index (χ3n) is 3.49. The number of furan rings is 1. The molecular weight excluding hydrogens is 306 g/mol. The molecule has 0 aliphatic carbocycles. The molecule has 1 aliphatic rings. The zero-order valence-electron chi connectivity index (χ0n) is 12.2. The minimum atomic E-state index is -1.07. The Bertz CT molecular complexity index is 681. The number of morpholine rings is 1. The van der Waals surface area contributed by atoms with Gasteiger partial charge >= 0.3 is 5.97 Å². The zero-order chi connectivity index (χ0) is 16.2. The van der Waals surface area contributed by atoms with Crippen LogP contribution < -0.4 is 0 Å². The van der Waals surface area contributed by atoms with Crippen LogP contribution in [-0.2, 0) is 20.7 Å². The van der Waals surface area contributed by atoms with Crippen molar-refractivity contribution in [3.63, 3.8) is 0 Å². The van der Waals surface area contributed by atoms with Crippen LogP contribution in [0.1, 0.15) is 12.3 Å². The van der Waals surface area contributed by atoms with Crippen molar-refractivity contribution in [1.82, 2.24) is 15.0 Å². The standard InChI is InChI=1S/C14H15N3O6/c18-12(17-4-6-22-10(7-17)14(19)20)2-1-11-15-13(16-23-11)9-3-5-21-8-9/h3,5,8,10H,1-2,4,6-7H2,(H,19,20). The monoisotopic (exact) mass is 321 g/mol. The van der Waals surface area contributed by atoms with Gasteiger partial charge in [-0.1, -0.05) is 5.16 Å². The Morgan fingerprint density at radius 2 is 2.30 bits per heavy atom. The lowest BCUT2D eigenvalue weighted by Gasteiger charge is -2.30. The Morgan fingerprint density at radius 3 is 3.04 bits per heavy atom. The van der Waals surface area contributed by atoms with E-state index in [0.29, 0.717) is 30.2 Å². The normalized spacial score (nSPS) is 18.1. The fraction of sp³-hybridized carbons (Fsp3) is 0.429. The number of carbonyl (C=O) groups is 2. The highest BCUT2D eigenvalue weighted by Crippen LogP contribution is 2.16. The fourth-order valence-electron chi connectivity index (χ4n) is 2.26. The number of hydrogen-bond donors (Lipinski definition) is 1. The van der Waals surface area contributed by atoms with Crippen LogP contribution in [0.25, 0.3) is 11.4 Å². The van der Waals surface area contributed by atoms with Gasteiger partial charge < -0.3 is 23.7 Å². The number of carboxylic acid groups (broad SMARTS) is 1. The number of aryl methyl sites for hydroxylation is 1. The number of aliphatic carboxylic acids is 1. The molecule has 0 saturated carbocycles. The molecule has 23 heavy (non-hydrogen) atoms. The van der Waals surface area contributed by atoms with Crippen molar-refractivity contribution in [1.29, 1.82) is 0 Å². The second-order valence-corrected chi connectivity index (χ2v) is 5.06. The summed E-state index contributed by atoms with van der Waals surface area (Å²) in [4.78, 5) is 28.7. The summed E-state index contributed by atoms with van der Waals surface area (Å²) in [6.07, 6.45) is 2.49. The summed E-state index contributed by atoms with van der Waals surface area (Å²) in [7, 11) is 0. The maximum absolute atomic E-state index is 12.1. The predicted molar refractivity (Wildman–Crippen MR) is 74.3 cm³/mol. The van der Waals surface area contributed by atoms with Crippen LogP contribution in [0.4, 0.5) is 0 Å². The topological polar surface area (TPSA) is 119 Å². The first kappa shape index (κ1) is 15.2. The van der Waals surface area contributed by atoms with Crippen LogP contribution in [-0.4, -0.2) is 57.8 Å². The number of amides is 1. The van der Waals surface area contributed by atoms with E-state index in [1.165, 1.54) is 17.4 Å². The van der Waals surface area contributed by atoms with Gasteiger partial charge in [0.05, 0.1) is 25.0 Å². The van der Waals surface area contributed by atoms with Gasteiger partial charge in [-0.25, -0.2) is 4.79 Å². The smallest absolute Gasteiger partial charge is 0.334 e. The number of hydrogen-bond acceptors (Lipinski definition) is 7. The SMILES string of the molecule is O=C(O)C1CN(C(=O)CCc2nc(-c3ccoc3)no2)CCO1. The number of ether oxygens (including phenoxy) is 1. The van der Waals surface area contributed by atoms with Gasteiger partial charge in [-0.3, -0.25) is 4.79 Å². The average Bonchev–Trinajstić information content (AvgIpc) is 3.23. The lowest BCUT2D eigenvalue weighted by Crippen LogP contribution is -2.48. The van der Waals surface area contributed by atoms with Gasteiger partial charge in [0, 0.05) is 19.4 Å². The van der Waals surface area contributed by atoms with Crippen molar-refractivity contribution in [2.45, 2.75) is 18.9 Å². The molecule has 0 spiro atoms. The minimum Gasteiger partial charge on any atom is -0.479 e. The van der Waals surface area contributed by atoms with Crippen molar-refractivity contribution in [3.05, 3.63) is 24.5 Å². The summed E-state index contributed by atoms with van der Waals surface area (Å²) < 4.78 is 15.1. The molecule has 1 saturated heterocycles. The van der Waals surface area contributed by atoms with E-state index in [1.807, 2.05) is 0 Å². The van der Waals surface area contributed by atoms with E-state index in [9.17, 15) is 9.59 Å². The highest BCUT2D eigenvalue weighted by Gasteiger charge is 2.28. The summed E-state index contributed by atoms with van der Waals surface area (Å²) >= 11 is 0. The summed E-state index contributed by atoms with van der Waals surface area (Å²) in [6, 6.07) is 1.71. The van der Waals surface area contributed by atoms with Crippen LogP contribution in [0, 0.1) is 0 Å². The second kappa shape index (κ2) is 6.61. The molecule has 0 radical (unpaired) electrons.